The predicted molar refractivity (Wildman–Crippen MR) is 92.5 cm³/mol. The van der Waals surface area contributed by atoms with Crippen LogP contribution in [0.4, 0.5) is 5.82 Å². The minimum Gasteiger partial charge on any atom is -0.353 e. The molecule has 7 heteroatoms. The molecule has 0 amide bonds. The summed E-state index contributed by atoms with van der Waals surface area (Å²) in [5.41, 5.74) is 0.894. The summed E-state index contributed by atoms with van der Waals surface area (Å²) in [4.78, 5) is 10.5. The lowest BCUT2D eigenvalue weighted by atomic mass is 10.3. The van der Waals surface area contributed by atoms with Gasteiger partial charge in [-0.15, -0.1) is 16.4 Å². The molecule has 0 spiro atoms. The first-order chi connectivity index (χ1) is 10.8. The van der Waals surface area contributed by atoms with E-state index in [-0.39, 0.29) is 0 Å². The van der Waals surface area contributed by atoms with Crippen molar-refractivity contribution in [3.63, 3.8) is 0 Å². The van der Waals surface area contributed by atoms with Gasteiger partial charge in [0.1, 0.15) is 5.82 Å². The maximum Gasteiger partial charge on any atom is 0.153 e. The topological polar surface area (TPSA) is 36.7 Å². The molecule has 1 aliphatic rings. The van der Waals surface area contributed by atoms with E-state index in [2.05, 4.69) is 54.0 Å². The van der Waals surface area contributed by atoms with Gasteiger partial charge in [-0.1, -0.05) is 0 Å². The largest absolute Gasteiger partial charge is 0.353 e. The Kier molecular flexibility index (Phi) is 3.85. The molecule has 114 valence electrons. The van der Waals surface area contributed by atoms with Gasteiger partial charge in [0.15, 0.2) is 5.65 Å². The molecule has 3 aromatic heterocycles. The SMILES string of the molecule is Brc1ccc(CN2CCN(c3ccc4nccn4n3)CC2)s1. The molecule has 3 aromatic rings. The van der Waals surface area contributed by atoms with Crippen molar-refractivity contribution in [1.29, 1.82) is 0 Å². The zero-order chi connectivity index (χ0) is 14.9. The fourth-order valence-corrected chi connectivity index (χ4v) is 4.29. The lowest BCUT2D eigenvalue weighted by Gasteiger charge is -2.35. The highest BCUT2D eigenvalue weighted by Crippen LogP contribution is 2.24. The Balaban J connectivity index is 1.40. The second-order valence-corrected chi connectivity index (χ2v) is 7.94. The normalized spacial score (nSPS) is 16.5. The first-order valence-electron chi connectivity index (χ1n) is 7.30. The van der Waals surface area contributed by atoms with Gasteiger partial charge in [-0.05, 0) is 40.2 Å². The minimum atomic E-state index is 0.894. The van der Waals surface area contributed by atoms with Gasteiger partial charge in [-0.25, -0.2) is 9.50 Å². The van der Waals surface area contributed by atoms with Crippen molar-refractivity contribution in [2.24, 2.45) is 0 Å². The van der Waals surface area contributed by atoms with Crippen molar-refractivity contribution in [2.45, 2.75) is 6.54 Å². The number of piperazine rings is 1. The van der Waals surface area contributed by atoms with Gasteiger partial charge in [0.2, 0.25) is 0 Å². The van der Waals surface area contributed by atoms with Crippen molar-refractivity contribution in [3.8, 4) is 0 Å². The van der Waals surface area contributed by atoms with Crippen molar-refractivity contribution in [1.82, 2.24) is 19.5 Å². The van der Waals surface area contributed by atoms with Gasteiger partial charge in [-0.2, -0.15) is 0 Å². The van der Waals surface area contributed by atoms with Crippen LogP contribution in [-0.4, -0.2) is 45.7 Å². The van der Waals surface area contributed by atoms with Gasteiger partial charge in [0, 0.05) is 50.0 Å². The fourth-order valence-electron chi connectivity index (χ4n) is 2.77. The standard InChI is InChI=1S/C15H16BrN5S/c16-13-2-1-12(22-13)11-19-7-9-20(10-8-19)15-4-3-14-17-5-6-21(14)18-15/h1-6H,7-11H2. The molecule has 22 heavy (non-hydrogen) atoms. The van der Waals surface area contributed by atoms with Crippen molar-refractivity contribution < 1.29 is 0 Å². The number of nitrogens with zero attached hydrogens (tertiary/aromatic N) is 5. The summed E-state index contributed by atoms with van der Waals surface area (Å²) in [5, 5.41) is 4.63. The monoisotopic (exact) mass is 377 g/mol. The van der Waals surface area contributed by atoms with Crippen LogP contribution in [0.15, 0.2) is 40.4 Å². The number of hydrogen-bond donors (Lipinski definition) is 0. The molecule has 0 saturated carbocycles. The highest BCUT2D eigenvalue weighted by molar-refractivity contribution is 9.11. The minimum absolute atomic E-state index is 0.894. The van der Waals surface area contributed by atoms with Crippen LogP contribution in [0.3, 0.4) is 0 Å². The van der Waals surface area contributed by atoms with Crippen LogP contribution in [0.1, 0.15) is 4.88 Å². The fraction of sp³-hybridized carbons (Fsp3) is 0.333. The van der Waals surface area contributed by atoms with Gasteiger partial charge < -0.3 is 4.90 Å². The summed E-state index contributed by atoms with van der Waals surface area (Å²) in [6.07, 6.45) is 3.67. The molecule has 0 atom stereocenters. The van der Waals surface area contributed by atoms with E-state index < -0.39 is 0 Å². The van der Waals surface area contributed by atoms with Crippen LogP contribution in [-0.2, 0) is 6.54 Å². The van der Waals surface area contributed by atoms with E-state index >= 15 is 0 Å². The molecule has 0 aliphatic carbocycles. The van der Waals surface area contributed by atoms with Crippen LogP contribution >= 0.6 is 27.3 Å². The number of fused-ring (bicyclic) bond motifs is 1. The van der Waals surface area contributed by atoms with Gasteiger partial charge in [0.05, 0.1) is 3.79 Å². The Labute approximate surface area is 141 Å². The summed E-state index contributed by atoms with van der Waals surface area (Å²) in [7, 11) is 0. The second-order valence-electron chi connectivity index (χ2n) is 5.39. The molecular formula is C15H16BrN5S. The molecule has 0 radical (unpaired) electrons. The van der Waals surface area contributed by atoms with E-state index in [1.807, 2.05) is 28.1 Å². The van der Waals surface area contributed by atoms with Crippen LogP contribution in [0, 0.1) is 0 Å². The lowest BCUT2D eigenvalue weighted by Crippen LogP contribution is -2.46. The molecule has 5 nitrogen and oxygen atoms in total. The Morgan fingerprint density at radius 2 is 1.95 bits per heavy atom. The lowest BCUT2D eigenvalue weighted by molar-refractivity contribution is 0.251. The number of anilines is 1. The molecule has 0 N–H and O–H groups in total. The maximum absolute atomic E-state index is 4.63. The predicted octanol–water partition coefficient (Wildman–Crippen LogP) is 2.88. The quantitative estimate of drug-likeness (QED) is 0.703. The second kappa shape index (κ2) is 5.98. The average molecular weight is 378 g/mol. The van der Waals surface area contributed by atoms with Crippen molar-refractivity contribution in [2.75, 3.05) is 31.1 Å². The Morgan fingerprint density at radius 3 is 2.73 bits per heavy atom. The zero-order valence-electron chi connectivity index (χ0n) is 12.0. The van der Waals surface area contributed by atoms with Gasteiger partial charge in [-0.3, -0.25) is 4.90 Å². The van der Waals surface area contributed by atoms with E-state index in [1.165, 1.54) is 8.66 Å². The number of aromatic nitrogens is 3. The highest BCUT2D eigenvalue weighted by Gasteiger charge is 2.19. The molecule has 4 rings (SSSR count). The van der Waals surface area contributed by atoms with E-state index in [1.54, 1.807) is 6.20 Å². The third-order valence-electron chi connectivity index (χ3n) is 3.95. The Bertz CT molecular complexity index is 775. The third kappa shape index (κ3) is 2.88. The average Bonchev–Trinajstić information content (AvgIpc) is 3.16. The molecule has 1 aliphatic heterocycles. The summed E-state index contributed by atoms with van der Waals surface area (Å²) in [6, 6.07) is 8.42. The van der Waals surface area contributed by atoms with Gasteiger partial charge >= 0.3 is 0 Å². The maximum atomic E-state index is 4.63. The first kappa shape index (κ1) is 14.2. The number of thiophene rings is 1. The molecule has 1 fully saturated rings. The van der Waals surface area contributed by atoms with E-state index in [4.69, 9.17) is 0 Å². The number of hydrogen-bond acceptors (Lipinski definition) is 5. The van der Waals surface area contributed by atoms with Crippen LogP contribution in [0.5, 0.6) is 0 Å². The summed E-state index contributed by atoms with van der Waals surface area (Å²) in [6.45, 7) is 5.20. The first-order valence-corrected chi connectivity index (χ1v) is 8.91. The van der Waals surface area contributed by atoms with E-state index in [9.17, 15) is 0 Å². The zero-order valence-corrected chi connectivity index (χ0v) is 14.4. The molecule has 0 unspecified atom stereocenters. The van der Waals surface area contributed by atoms with E-state index in [0.29, 0.717) is 0 Å². The molecule has 4 heterocycles. The van der Waals surface area contributed by atoms with Crippen LogP contribution in [0.2, 0.25) is 0 Å². The number of halogens is 1. The van der Waals surface area contributed by atoms with Crippen LogP contribution < -0.4 is 4.90 Å². The summed E-state index contributed by atoms with van der Waals surface area (Å²) < 4.78 is 3.05. The molecular weight excluding hydrogens is 362 g/mol. The van der Waals surface area contributed by atoms with E-state index in [0.717, 1.165) is 44.2 Å². The molecule has 1 saturated heterocycles. The van der Waals surface area contributed by atoms with Crippen molar-refractivity contribution >= 4 is 38.7 Å². The summed E-state index contributed by atoms with van der Waals surface area (Å²) in [5.74, 6) is 1.03. The van der Waals surface area contributed by atoms with Crippen LogP contribution in [0.25, 0.3) is 5.65 Å². The summed E-state index contributed by atoms with van der Waals surface area (Å²) >= 11 is 5.35. The Morgan fingerprint density at radius 1 is 1.09 bits per heavy atom. The third-order valence-corrected chi connectivity index (χ3v) is 5.55. The molecule has 0 bridgehead atoms. The molecule has 0 aromatic carbocycles. The Hall–Kier alpha value is -1.44. The number of rotatable bonds is 3. The smallest absolute Gasteiger partial charge is 0.153 e. The number of imidazole rings is 1. The highest BCUT2D eigenvalue weighted by atomic mass is 79.9. The van der Waals surface area contributed by atoms with Crippen molar-refractivity contribution in [3.05, 3.63) is 45.3 Å². The van der Waals surface area contributed by atoms with Gasteiger partial charge in [0.25, 0.3) is 0 Å².